The Bertz CT molecular complexity index is 313. The van der Waals surface area contributed by atoms with Crippen molar-refractivity contribution in [3.8, 4) is 0 Å². The monoisotopic (exact) mass is 251 g/mol. The van der Waals surface area contributed by atoms with Crippen LogP contribution in [-0.4, -0.2) is 23.9 Å². The van der Waals surface area contributed by atoms with Crippen molar-refractivity contribution in [2.45, 2.75) is 66.3 Å². The molecule has 1 aliphatic carbocycles. The number of nitrogens with zero attached hydrogens (tertiary/aromatic N) is 1. The smallest absolute Gasteiger partial charge is 0.250 e. The van der Waals surface area contributed by atoms with E-state index in [4.69, 9.17) is 0 Å². The number of carbonyl (C=O) groups is 1. The average molecular weight is 251 g/mol. The normalized spacial score (nSPS) is 20.9. The molecule has 2 aliphatic rings. The van der Waals surface area contributed by atoms with Crippen LogP contribution in [0.3, 0.4) is 0 Å². The summed E-state index contributed by atoms with van der Waals surface area (Å²) in [4.78, 5) is 13.4. The van der Waals surface area contributed by atoms with Gasteiger partial charge in [0.15, 0.2) is 0 Å². The molecule has 0 N–H and O–H groups in total. The quantitative estimate of drug-likeness (QED) is 0.627. The van der Waals surface area contributed by atoms with Crippen molar-refractivity contribution >= 4 is 5.91 Å². The van der Waals surface area contributed by atoms with Gasteiger partial charge in [0, 0.05) is 12.6 Å². The van der Waals surface area contributed by atoms with Crippen LogP contribution in [-0.2, 0) is 4.79 Å². The van der Waals surface area contributed by atoms with E-state index in [1.807, 2.05) is 11.9 Å². The van der Waals surface area contributed by atoms with Gasteiger partial charge < -0.3 is 4.90 Å². The summed E-state index contributed by atoms with van der Waals surface area (Å²) in [6.45, 7) is 10.6. The third-order valence-corrected chi connectivity index (χ3v) is 2.82. The summed E-state index contributed by atoms with van der Waals surface area (Å²) in [7, 11) is 1.87. The molecule has 2 nitrogen and oxygen atoms in total. The number of carbonyl (C=O) groups excluding carboxylic acids is 1. The summed E-state index contributed by atoms with van der Waals surface area (Å²) < 4.78 is 0. The lowest BCUT2D eigenvalue weighted by atomic mass is 9.97. The molecule has 2 rings (SSSR count). The van der Waals surface area contributed by atoms with Gasteiger partial charge in [0.1, 0.15) is 0 Å². The third-order valence-electron chi connectivity index (χ3n) is 2.82. The molecule has 0 aromatic heterocycles. The minimum absolute atomic E-state index is 0.224. The Morgan fingerprint density at radius 1 is 1.22 bits per heavy atom. The molecule has 0 radical (unpaired) electrons. The second kappa shape index (κ2) is 8.96. The Hall–Kier alpha value is -1.05. The van der Waals surface area contributed by atoms with Gasteiger partial charge in [-0.25, -0.2) is 0 Å². The van der Waals surface area contributed by atoms with E-state index < -0.39 is 0 Å². The van der Waals surface area contributed by atoms with Crippen molar-refractivity contribution in [1.82, 2.24) is 4.90 Å². The van der Waals surface area contributed by atoms with Gasteiger partial charge in [-0.3, -0.25) is 4.79 Å². The molecule has 1 atom stereocenters. The van der Waals surface area contributed by atoms with E-state index >= 15 is 0 Å². The maximum Gasteiger partial charge on any atom is 0.250 e. The summed E-state index contributed by atoms with van der Waals surface area (Å²) in [6, 6.07) is 0.282. The molecule has 18 heavy (non-hydrogen) atoms. The van der Waals surface area contributed by atoms with E-state index in [0.717, 1.165) is 18.4 Å². The van der Waals surface area contributed by atoms with Crippen LogP contribution in [0.4, 0.5) is 0 Å². The van der Waals surface area contributed by atoms with E-state index in [9.17, 15) is 4.79 Å². The zero-order valence-electron chi connectivity index (χ0n) is 12.9. The standard InChI is InChI=1S/C10H13NO.2C3H8/c1-7-8-5-3-4-6-9(8)10(12)11(7)2;2*1-3-2/h3,5,7H,4,6H2,1-2H3;2*3H2,1-2H3. The van der Waals surface area contributed by atoms with Gasteiger partial charge in [0.05, 0.1) is 6.04 Å². The minimum Gasteiger partial charge on any atom is -0.335 e. The first-order valence-corrected chi connectivity index (χ1v) is 7.21. The molecule has 1 heterocycles. The van der Waals surface area contributed by atoms with Gasteiger partial charge in [0.2, 0.25) is 5.91 Å². The highest BCUT2D eigenvalue weighted by Crippen LogP contribution is 2.31. The molecule has 0 spiro atoms. The highest BCUT2D eigenvalue weighted by atomic mass is 16.2. The molecule has 1 aliphatic heterocycles. The fourth-order valence-electron chi connectivity index (χ4n) is 1.90. The number of rotatable bonds is 0. The molecule has 0 aromatic rings. The summed E-state index contributed by atoms with van der Waals surface area (Å²) in [5.41, 5.74) is 2.27. The van der Waals surface area contributed by atoms with Crippen LogP contribution < -0.4 is 0 Å². The molecular formula is C16H29NO. The first-order chi connectivity index (χ1) is 8.54. The number of hydrogen-bond acceptors (Lipinski definition) is 1. The molecule has 0 saturated carbocycles. The van der Waals surface area contributed by atoms with Crippen LogP contribution in [0.5, 0.6) is 0 Å². The van der Waals surface area contributed by atoms with E-state index in [2.05, 4.69) is 46.8 Å². The van der Waals surface area contributed by atoms with Crippen molar-refractivity contribution in [2.24, 2.45) is 0 Å². The number of amides is 1. The Kier molecular flexibility index (Phi) is 8.43. The highest BCUT2D eigenvalue weighted by molar-refractivity contribution is 5.98. The maximum atomic E-state index is 11.6. The van der Waals surface area contributed by atoms with Crippen molar-refractivity contribution in [2.75, 3.05) is 7.05 Å². The molecule has 0 saturated heterocycles. The van der Waals surface area contributed by atoms with Crippen LogP contribution in [0.15, 0.2) is 23.3 Å². The van der Waals surface area contributed by atoms with Crippen LogP contribution in [0.25, 0.3) is 0 Å². The third kappa shape index (κ3) is 4.32. The molecule has 1 unspecified atom stereocenters. The van der Waals surface area contributed by atoms with Gasteiger partial charge in [0.25, 0.3) is 0 Å². The van der Waals surface area contributed by atoms with E-state index in [1.165, 1.54) is 18.4 Å². The largest absolute Gasteiger partial charge is 0.335 e. The summed E-state index contributed by atoms with van der Waals surface area (Å²) in [6.07, 6.45) is 8.71. The van der Waals surface area contributed by atoms with E-state index in [0.29, 0.717) is 0 Å². The lowest BCUT2D eigenvalue weighted by Gasteiger charge is -2.16. The number of hydrogen-bond donors (Lipinski definition) is 0. The molecule has 104 valence electrons. The predicted molar refractivity (Wildman–Crippen MR) is 79.6 cm³/mol. The zero-order valence-corrected chi connectivity index (χ0v) is 12.9. The van der Waals surface area contributed by atoms with Crippen LogP contribution in [0.1, 0.15) is 60.3 Å². The van der Waals surface area contributed by atoms with Gasteiger partial charge in [-0.2, -0.15) is 0 Å². The van der Waals surface area contributed by atoms with Crippen molar-refractivity contribution < 1.29 is 4.79 Å². The zero-order chi connectivity index (χ0) is 14.1. The summed E-state index contributed by atoms with van der Waals surface area (Å²) in [5.74, 6) is 0.224. The summed E-state index contributed by atoms with van der Waals surface area (Å²) in [5, 5.41) is 0. The van der Waals surface area contributed by atoms with Gasteiger partial charge in [-0.1, -0.05) is 52.7 Å². The second-order valence-electron chi connectivity index (χ2n) is 4.88. The fourth-order valence-corrected chi connectivity index (χ4v) is 1.90. The Morgan fingerprint density at radius 2 is 1.72 bits per heavy atom. The number of likely N-dealkylation sites (N-methyl/N-ethyl adjacent to an activating group) is 1. The molecule has 1 amide bonds. The topological polar surface area (TPSA) is 20.3 Å². The maximum absolute atomic E-state index is 11.6. The Balaban J connectivity index is 0.000000414. The van der Waals surface area contributed by atoms with Gasteiger partial charge in [-0.15, -0.1) is 0 Å². The Morgan fingerprint density at radius 3 is 2.17 bits per heavy atom. The van der Waals surface area contributed by atoms with Gasteiger partial charge in [-0.05, 0) is 25.3 Å². The predicted octanol–water partition coefficient (Wildman–Crippen LogP) is 4.33. The molecule has 0 aromatic carbocycles. The van der Waals surface area contributed by atoms with E-state index in [1.54, 1.807) is 0 Å². The van der Waals surface area contributed by atoms with E-state index in [-0.39, 0.29) is 11.9 Å². The molecular weight excluding hydrogens is 222 g/mol. The molecule has 2 heteroatoms. The minimum atomic E-state index is 0.224. The van der Waals surface area contributed by atoms with Gasteiger partial charge >= 0.3 is 0 Å². The Labute approximate surface area is 113 Å². The van der Waals surface area contributed by atoms with Crippen LogP contribution >= 0.6 is 0 Å². The van der Waals surface area contributed by atoms with Crippen molar-refractivity contribution in [1.29, 1.82) is 0 Å². The lowest BCUT2D eigenvalue weighted by Crippen LogP contribution is -2.28. The van der Waals surface area contributed by atoms with Crippen LogP contribution in [0.2, 0.25) is 0 Å². The number of allylic oxidation sites excluding steroid dienone is 1. The SMILES string of the molecule is CC1C2=C(CCC=C2)C(=O)N1C.CCC.CCC. The average Bonchev–Trinajstić information content (AvgIpc) is 2.58. The summed E-state index contributed by atoms with van der Waals surface area (Å²) >= 11 is 0. The highest BCUT2D eigenvalue weighted by Gasteiger charge is 2.32. The van der Waals surface area contributed by atoms with Crippen molar-refractivity contribution in [3.05, 3.63) is 23.3 Å². The fraction of sp³-hybridized carbons (Fsp3) is 0.688. The lowest BCUT2D eigenvalue weighted by molar-refractivity contribution is -0.125. The first kappa shape index (κ1) is 16.9. The molecule has 0 bridgehead atoms. The van der Waals surface area contributed by atoms with Crippen molar-refractivity contribution in [3.63, 3.8) is 0 Å². The van der Waals surface area contributed by atoms with Crippen LogP contribution in [0, 0.1) is 0 Å². The molecule has 0 fully saturated rings. The first-order valence-electron chi connectivity index (χ1n) is 7.21. The second-order valence-corrected chi connectivity index (χ2v) is 4.88.